The summed E-state index contributed by atoms with van der Waals surface area (Å²) in [7, 11) is 1.30. The van der Waals surface area contributed by atoms with E-state index in [0.717, 1.165) is 12.5 Å². The summed E-state index contributed by atoms with van der Waals surface area (Å²) in [6, 6.07) is 10.2. The van der Waals surface area contributed by atoms with Crippen LogP contribution in [0.2, 0.25) is 0 Å². The van der Waals surface area contributed by atoms with Gasteiger partial charge in [-0.2, -0.15) is 0 Å². The molecule has 0 fully saturated rings. The maximum absolute atomic E-state index is 12.3. The molecule has 29 heavy (non-hydrogen) atoms. The summed E-state index contributed by atoms with van der Waals surface area (Å²) in [5.41, 5.74) is 0.660. The molecule has 2 rings (SSSR count). The maximum atomic E-state index is 12.3. The summed E-state index contributed by atoms with van der Waals surface area (Å²) in [5, 5.41) is 16.3. The molecule has 0 bridgehead atoms. The number of ether oxygens (including phenoxy) is 2. The molecule has 2 aromatic carbocycles. The molecular weight excluding hydrogens is 398 g/mol. The van der Waals surface area contributed by atoms with Crippen LogP contribution in [0.15, 0.2) is 42.5 Å². The van der Waals surface area contributed by atoms with E-state index in [-0.39, 0.29) is 22.1 Å². The molecule has 0 spiro atoms. The van der Waals surface area contributed by atoms with Crippen LogP contribution in [-0.2, 0) is 4.74 Å². The van der Waals surface area contributed by atoms with Gasteiger partial charge in [-0.1, -0.05) is 6.92 Å². The Bertz CT molecular complexity index is 930. The van der Waals surface area contributed by atoms with Gasteiger partial charge in [0.15, 0.2) is 10.9 Å². The first-order valence-corrected chi connectivity index (χ1v) is 8.98. The fourth-order valence-electron chi connectivity index (χ4n) is 2.28. The van der Waals surface area contributed by atoms with Crippen molar-refractivity contribution in [3.63, 3.8) is 0 Å². The molecule has 10 heteroatoms. The molecule has 0 saturated carbocycles. The number of amides is 1. The number of methoxy groups -OCH3 is 1. The summed E-state index contributed by atoms with van der Waals surface area (Å²) >= 11 is 5.09. The first kappa shape index (κ1) is 21.8. The fraction of sp³-hybridized carbons (Fsp3) is 0.211. The molecule has 1 amide bonds. The fourth-order valence-corrected chi connectivity index (χ4v) is 2.49. The quantitative estimate of drug-likeness (QED) is 0.305. The first-order valence-electron chi connectivity index (χ1n) is 8.57. The third kappa shape index (κ3) is 5.98. The highest BCUT2D eigenvalue weighted by Gasteiger charge is 2.18. The minimum Gasteiger partial charge on any atom is -0.490 e. The van der Waals surface area contributed by atoms with E-state index in [1.54, 1.807) is 24.3 Å². The summed E-state index contributed by atoms with van der Waals surface area (Å²) < 4.78 is 9.95. The minimum atomic E-state index is -0.640. The highest BCUT2D eigenvalue weighted by atomic mass is 32.1. The molecule has 0 aromatic heterocycles. The van der Waals surface area contributed by atoms with Gasteiger partial charge in [-0.25, -0.2) is 4.79 Å². The molecule has 9 nitrogen and oxygen atoms in total. The Hall–Kier alpha value is -3.53. The molecular formula is C19H19N3O6S. The van der Waals surface area contributed by atoms with Crippen LogP contribution in [0, 0.1) is 10.1 Å². The van der Waals surface area contributed by atoms with Crippen molar-refractivity contribution in [1.82, 2.24) is 5.32 Å². The standard InChI is InChI=1S/C19H19N3O6S/c1-3-10-28-18(24)12-4-7-14(8-5-12)20-19(29)21-17(23)13-6-9-16(27-2)15(11-13)22(25)26/h4-9,11H,3,10H2,1-2H3,(H2,20,21,23,29). The van der Waals surface area contributed by atoms with Crippen molar-refractivity contribution < 1.29 is 24.0 Å². The van der Waals surface area contributed by atoms with E-state index < -0.39 is 16.8 Å². The molecule has 0 atom stereocenters. The van der Waals surface area contributed by atoms with Gasteiger partial charge in [0.05, 0.1) is 24.2 Å². The van der Waals surface area contributed by atoms with E-state index in [2.05, 4.69) is 10.6 Å². The summed E-state index contributed by atoms with van der Waals surface area (Å²) in [6.07, 6.45) is 0.733. The Kier molecular flexibility index (Phi) is 7.61. The van der Waals surface area contributed by atoms with E-state index in [0.29, 0.717) is 17.9 Å². The number of carbonyl (C=O) groups excluding carboxylic acids is 2. The highest BCUT2D eigenvalue weighted by molar-refractivity contribution is 7.80. The average Bonchev–Trinajstić information content (AvgIpc) is 2.71. The van der Waals surface area contributed by atoms with E-state index in [1.165, 1.54) is 19.2 Å². The Morgan fingerprint density at radius 3 is 2.38 bits per heavy atom. The number of anilines is 1. The molecule has 2 aromatic rings. The number of nitro groups is 1. The molecule has 0 saturated heterocycles. The summed E-state index contributed by atoms with van der Waals surface area (Å²) in [6.45, 7) is 2.25. The van der Waals surface area contributed by atoms with Gasteiger partial charge >= 0.3 is 11.7 Å². The SMILES string of the molecule is CCCOC(=O)c1ccc(NC(=S)NC(=O)c2ccc(OC)c([N+](=O)[O-])c2)cc1. The van der Waals surface area contributed by atoms with E-state index in [4.69, 9.17) is 21.7 Å². The highest BCUT2D eigenvalue weighted by Crippen LogP contribution is 2.27. The second-order valence-electron chi connectivity index (χ2n) is 5.77. The number of carbonyl (C=O) groups is 2. The molecule has 0 radical (unpaired) electrons. The number of hydrogen-bond acceptors (Lipinski definition) is 7. The van der Waals surface area contributed by atoms with Gasteiger partial charge in [0.2, 0.25) is 0 Å². The zero-order valence-corrected chi connectivity index (χ0v) is 16.6. The van der Waals surface area contributed by atoms with E-state index in [9.17, 15) is 19.7 Å². The molecule has 0 heterocycles. The lowest BCUT2D eigenvalue weighted by Gasteiger charge is -2.10. The predicted molar refractivity (Wildman–Crippen MR) is 110 cm³/mol. The second-order valence-corrected chi connectivity index (χ2v) is 6.17. The number of esters is 1. The van der Waals surface area contributed by atoms with Gasteiger partial charge in [0, 0.05) is 17.3 Å². The number of nitrogens with one attached hydrogen (secondary N) is 2. The van der Waals surface area contributed by atoms with Crippen LogP contribution in [0.25, 0.3) is 0 Å². The Morgan fingerprint density at radius 2 is 1.79 bits per heavy atom. The number of benzene rings is 2. The monoisotopic (exact) mass is 417 g/mol. The number of thiocarbonyl (C=S) groups is 1. The van der Waals surface area contributed by atoms with Gasteiger partial charge in [-0.3, -0.25) is 20.2 Å². The van der Waals surface area contributed by atoms with Crippen molar-refractivity contribution in [2.24, 2.45) is 0 Å². The number of rotatable bonds is 7. The zero-order chi connectivity index (χ0) is 21.4. The van der Waals surface area contributed by atoms with Crippen LogP contribution in [-0.4, -0.2) is 35.6 Å². The molecule has 0 aliphatic heterocycles. The number of nitrogens with zero attached hydrogens (tertiary/aromatic N) is 1. The molecule has 152 valence electrons. The third-order valence-corrected chi connectivity index (χ3v) is 3.88. The first-order chi connectivity index (χ1) is 13.8. The van der Waals surface area contributed by atoms with Crippen LogP contribution in [0.1, 0.15) is 34.1 Å². The van der Waals surface area contributed by atoms with Gasteiger partial charge in [0.1, 0.15) is 0 Å². The Morgan fingerprint density at radius 1 is 1.14 bits per heavy atom. The molecule has 2 N–H and O–H groups in total. The lowest BCUT2D eigenvalue weighted by molar-refractivity contribution is -0.385. The lowest BCUT2D eigenvalue weighted by Crippen LogP contribution is -2.34. The largest absolute Gasteiger partial charge is 0.490 e. The van der Waals surface area contributed by atoms with Crippen molar-refractivity contribution in [3.8, 4) is 5.75 Å². The van der Waals surface area contributed by atoms with Crippen molar-refractivity contribution >= 4 is 40.6 Å². The van der Waals surface area contributed by atoms with Gasteiger partial charge < -0.3 is 14.8 Å². The third-order valence-electron chi connectivity index (χ3n) is 3.68. The zero-order valence-electron chi connectivity index (χ0n) is 15.8. The van der Waals surface area contributed by atoms with Crippen LogP contribution < -0.4 is 15.4 Å². The van der Waals surface area contributed by atoms with Crippen molar-refractivity contribution in [1.29, 1.82) is 0 Å². The number of hydrogen-bond donors (Lipinski definition) is 2. The molecule has 0 aliphatic carbocycles. The van der Waals surface area contributed by atoms with Gasteiger partial charge in [0.25, 0.3) is 5.91 Å². The summed E-state index contributed by atoms with van der Waals surface area (Å²) in [4.78, 5) is 34.5. The minimum absolute atomic E-state index is 0.00483. The van der Waals surface area contributed by atoms with Gasteiger partial charge in [-0.15, -0.1) is 0 Å². The summed E-state index contributed by atoms with van der Waals surface area (Å²) in [5.74, 6) is -0.992. The Labute approximate surface area is 172 Å². The maximum Gasteiger partial charge on any atom is 0.338 e. The molecule has 0 aliphatic rings. The van der Waals surface area contributed by atoms with Crippen molar-refractivity contribution in [2.75, 3.05) is 19.0 Å². The van der Waals surface area contributed by atoms with Crippen molar-refractivity contribution in [2.45, 2.75) is 13.3 Å². The average molecular weight is 417 g/mol. The van der Waals surface area contributed by atoms with E-state index in [1.807, 2.05) is 6.92 Å². The van der Waals surface area contributed by atoms with Crippen LogP contribution in [0.5, 0.6) is 5.75 Å². The Balaban J connectivity index is 2.00. The van der Waals surface area contributed by atoms with Crippen LogP contribution in [0.4, 0.5) is 11.4 Å². The topological polar surface area (TPSA) is 120 Å². The smallest absolute Gasteiger partial charge is 0.338 e. The molecule has 0 unspecified atom stereocenters. The number of nitro benzene ring substituents is 1. The normalized spacial score (nSPS) is 10.0. The predicted octanol–water partition coefficient (Wildman–Crippen LogP) is 3.30. The van der Waals surface area contributed by atoms with E-state index >= 15 is 0 Å². The lowest BCUT2D eigenvalue weighted by atomic mass is 10.1. The van der Waals surface area contributed by atoms with Crippen LogP contribution in [0.3, 0.4) is 0 Å². The second kappa shape index (κ2) is 10.1. The van der Waals surface area contributed by atoms with Gasteiger partial charge in [-0.05, 0) is 55.0 Å². The van der Waals surface area contributed by atoms with Crippen LogP contribution >= 0.6 is 12.2 Å². The van der Waals surface area contributed by atoms with Crippen molar-refractivity contribution in [3.05, 3.63) is 63.7 Å².